The lowest BCUT2D eigenvalue weighted by Gasteiger charge is -2.11. The van der Waals surface area contributed by atoms with E-state index in [9.17, 15) is 9.18 Å². The van der Waals surface area contributed by atoms with Crippen LogP contribution in [0.1, 0.15) is 22.8 Å². The zero-order valence-electron chi connectivity index (χ0n) is 8.88. The number of carbonyl (C=O) groups is 1. The molecular formula is C11H15FN2O. The highest BCUT2D eigenvalue weighted by molar-refractivity contribution is 5.94. The van der Waals surface area contributed by atoms with Gasteiger partial charge < -0.3 is 11.1 Å². The second-order valence-corrected chi connectivity index (χ2v) is 3.57. The van der Waals surface area contributed by atoms with Crippen LogP contribution in [0.15, 0.2) is 18.2 Å². The molecular weight excluding hydrogens is 195 g/mol. The van der Waals surface area contributed by atoms with Crippen LogP contribution in [-0.2, 0) is 0 Å². The molecule has 1 aromatic carbocycles. The standard InChI is InChI=1S/C11H15FN2O/c1-7-3-4-9(5-10(7)12)11(15)14-8(2)6-13/h3-5,8H,6,13H2,1-2H3,(H,14,15). The van der Waals surface area contributed by atoms with E-state index in [-0.39, 0.29) is 17.8 Å². The van der Waals surface area contributed by atoms with Crippen molar-refractivity contribution < 1.29 is 9.18 Å². The molecule has 1 atom stereocenters. The van der Waals surface area contributed by atoms with Crippen molar-refractivity contribution in [2.24, 2.45) is 5.73 Å². The minimum Gasteiger partial charge on any atom is -0.348 e. The Kier molecular flexibility index (Phi) is 3.80. The van der Waals surface area contributed by atoms with Crippen molar-refractivity contribution in [3.63, 3.8) is 0 Å². The molecule has 0 bridgehead atoms. The largest absolute Gasteiger partial charge is 0.348 e. The topological polar surface area (TPSA) is 55.1 Å². The van der Waals surface area contributed by atoms with Gasteiger partial charge in [-0.2, -0.15) is 0 Å². The number of carbonyl (C=O) groups excluding carboxylic acids is 1. The van der Waals surface area contributed by atoms with Crippen molar-refractivity contribution in [2.45, 2.75) is 19.9 Å². The molecule has 1 aromatic rings. The molecule has 4 heteroatoms. The number of aryl methyl sites for hydroxylation is 1. The highest BCUT2D eigenvalue weighted by Gasteiger charge is 2.09. The molecule has 82 valence electrons. The number of benzene rings is 1. The van der Waals surface area contributed by atoms with Gasteiger partial charge in [0.1, 0.15) is 5.82 Å². The third-order valence-corrected chi connectivity index (χ3v) is 2.17. The average molecular weight is 210 g/mol. The van der Waals surface area contributed by atoms with Gasteiger partial charge in [0.25, 0.3) is 5.91 Å². The predicted molar refractivity (Wildman–Crippen MR) is 57.1 cm³/mol. The summed E-state index contributed by atoms with van der Waals surface area (Å²) in [4.78, 5) is 11.5. The molecule has 0 spiro atoms. The molecule has 0 aliphatic heterocycles. The smallest absolute Gasteiger partial charge is 0.251 e. The lowest BCUT2D eigenvalue weighted by molar-refractivity contribution is 0.0941. The lowest BCUT2D eigenvalue weighted by atomic mass is 10.1. The Morgan fingerprint density at radius 3 is 2.80 bits per heavy atom. The normalized spacial score (nSPS) is 12.3. The molecule has 0 saturated carbocycles. The van der Waals surface area contributed by atoms with Gasteiger partial charge in [-0.3, -0.25) is 4.79 Å². The van der Waals surface area contributed by atoms with Crippen molar-refractivity contribution in [1.82, 2.24) is 5.32 Å². The van der Waals surface area contributed by atoms with Crippen LogP contribution in [0.4, 0.5) is 4.39 Å². The Morgan fingerprint density at radius 1 is 1.60 bits per heavy atom. The lowest BCUT2D eigenvalue weighted by Crippen LogP contribution is -2.37. The summed E-state index contributed by atoms with van der Waals surface area (Å²) in [7, 11) is 0. The maximum atomic E-state index is 13.2. The van der Waals surface area contributed by atoms with Crippen molar-refractivity contribution in [3.05, 3.63) is 35.1 Å². The Balaban J connectivity index is 2.78. The van der Waals surface area contributed by atoms with Crippen LogP contribution in [-0.4, -0.2) is 18.5 Å². The van der Waals surface area contributed by atoms with Crippen LogP contribution in [0.2, 0.25) is 0 Å². The van der Waals surface area contributed by atoms with Gasteiger partial charge in [0, 0.05) is 18.2 Å². The van der Waals surface area contributed by atoms with E-state index in [0.717, 1.165) is 0 Å². The second kappa shape index (κ2) is 4.89. The number of hydrogen-bond acceptors (Lipinski definition) is 2. The van der Waals surface area contributed by atoms with Gasteiger partial charge in [0.05, 0.1) is 0 Å². The Bertz CT molecular complexity index is 366. The van der Waals surface area contributed by atoms with Gasteiger partial charge in [-0.05, 0) is 31.5 Å². The predicted octanol–water partition coefficient (Wildman–Crippen LogP) is 1.21. The molecule has 1 amide bonds. The highest BCUT2D eigenvalue weighted by Crippen LogP contribution is 2.09. The first-order valence-electron chi connectivity index (χ1n) is 4.81. The van der Waals surface area contributed by atoms with Crippen molar-refractivity contribution in [1.29, 1.82) is 0 Å². The minimum atomic E-state index is -0.372. The van der Waals surface area contributed by atoms with Crippen molar-refractivity contribution in [3.8, 4) is 0 Å². The quantitative estimate of drug-likeness (QED) is 0.788. The van der Waals surface area contributed by atoms with Crippen LogP contribution < -0.4 is 11.1 Å². The fraction of sp³-hybridized carbons (Fsp3) is 0.364. The van der Waals surface area contributed by atoms with Gasteiger partial charge in [-0.15, -0.1) is 0 Å². The summed E-state index contributed by atoms with van der Waals surface area (Å²) in [6.07, 6.45) is 0. The zero-order valence-corrected chi connectivity index (χ0v) is 8.88. The van der Waals surface area contributed by atoms with Crippen LogP contribution >= 0.6 is 0 Å². The fourth-order valence-corrected chi connectivity index (χ4v) is 1.10. The average Bonchev–Trinajstić information content (AvgIpc) is 2.21. The van der Waals surface area contributed by atoms with Gasteiger partial charge in [-0.1, -0.05) is 6.07 Å². The second-order valence-electron chi connectivity index (χ2n) is 3.57. The summed E-state index contributed by atoms with van der Waals surface area (Å²) in [5, 5.41) is 2.66. The molecule has 1 rings (SSSR count). The van der Waals surface area contributed by atoms with Gasteiger partial charge in [-0.25, -0.2) is 4.39 Å². The molecule has 15 heavy (non-hydrogen) atoms. The van der Waals surface area contributed by atoms with Crippen LogP contribution in [0.5, 0.6) is 0 Å². The summed E-state index contributed by atoms with van der Waals surface area (Å²) in [5.74, 6) is -0.671. The van der Waals surface area contributed by atoms with E-state index in [1.54, 1.807) is 26.0 Å². The number of hydrogen-bond donors (Lipinski definition) is 2. The van der Waals surface area contributed by atoms with E-state index in [0.29, 0.717) is 17.7 Å². The van der Waals surface area contributed by atoms with Gasteiger partial charge in [0.15, 0.2) is 0 Å². The zero-order chi connectivity index (χ0) is 11.4. The number of rotatable bonds is 3. The Hall–Kier alpha value is -1.42. The summed E-state index contributed by atoms with van der Waals surface area (Å²) < 4.78 is 13.2. The SMILES string of the molecule is Cc1ccc(C(=O)NC(C)CN)cc1F. The van der Waals surface area contributed by atoms with Crippen LogP contribution in [0, 0.1) is 12.7 Å². The minimum absolute atomic E-state index is 0.109. The maximum Gasteiger partial charge on any atom is 0.251 e. The molecule has 3 N–H and O–H groups in total. The van der Waals surface area contributed by atoms with E-state index >= 15 is 0 Å². The highest BCUT2D eigenvalue weighted by atomic mass is 19.1. The van der Waals surface area contributed by atoms with Crippen molar-refractivity contribution in [2.75, 3.05) is 6.54 Å². The van der Waals surface area contributed by atoms with E-state index in [4.69, 9.17) is 5.73 Å². The van der Waals surface area contributed by atoms with Crippen LogP contribution in [0.3, 0.4) is 0 Å². The molecule has 0 radical (unpaired) electrons. The number of nitrogens with two attached hydrogens (primary N) is 1. The summed E-state index contributed by atoms with van der Waals surface area (Å²) in [6.45, 7) is 3.81. The Morgan fingerprint density at radius 2 is 2.27 bits per heavy atom. The van der Waals surface area contributed by atoms with E-state index < -0.39 is 0 Å². The van der Waals surface area contributed by atoms with E-state index in [2.05, 4.69) is 5.32 Å². The first-order chi connectivity index (χ1) is 7.04. The van der Waals surface area contributed by atoms with E-state index in [1.807, 2.05) is 0 Å². The third kappa shape index (κ3) is 3.02. The summed E-state index contributed by atoms with van der Waals surface area (Å²) >= 11 is 0. The number of halogens is 1. The Labute approximate surface area is 88.5 Å². The van der Waals surface area contributed by atoms with Crippen molar-refractivity contribution >= 4 is 5.91 Å². The van der Waals surface area contributed by atoms with Gasteiger partial charge >= 0.3 is 0 Å². The molecule has 0 fully saturated rings. The summed E-state index contributed by atoms with van der Waals surface area (Å²) in [6, 6.07) is 4.30. The molecule has 0 aliphatic carbocycles. The molecule has 1 unspecified atom stereocenters. The first-order valence-corrected chi connectivity index (χ1v) is 4.81. The maximum absolute atomic E-state index is 13.2. The number of amides is 1. The van der Waals surface area contributed by atoms with E-state index in [1.165, 1.54) is 6.07 Å². The molecule has 0 aliphatic rings. The third-order valence-electron chi connectivity index (χ3n) is 2.17. The monoisotopic (exact) mass is 210 g/mol. The van der Waals surface area contributed by atoms with Gasteiger partial charge in [0.2, 0.25) is 0 Å². The number of nitrogens with one attached hydrogen (secondary N) is 1. The molecule has 0 saturated heterocycles. The summed E-state index contributed by atoms with van der Waals surface area (Å²) in [5.41, 5.74) is 6.21. The molecule has 3 nitrogen and oxygen atoms in total. The van der Waals surface area contributed by atoms with Crippen LogP contribution in [0.25, 0.3) is 0 Å². The molecule has 0 aromatic heterocycles. The first kappa shape index (κ1) is 11.7. The fourth-order valence-electron chi connectivity index (χ4n) is 1.10. The molecule has 0 heterocycles.